The van der Waals surface area contributed by atoms with E-state index in [9.17, 15) is 27.2 Å². The van der Waals surface area contributed by atoms with Gasteiger partial charge in [-0.1, -0.05) is 18.2 Å². The molecule has 8 nitrogen and oxygen atoms in total. The second-order valence-corrected chi connectivity index (χ2v) is 8.84. The zero-order valence-electron chi connectivity index (χ0n) is 18.5. The first-order chi connectivity index (χ1) is 16.6. The maximum atomic E-state index is 14.0. The van der Waals surface area contributed by atoms with Crippen molar-refractivity contribution < 1.29 is 27.2 Å². The van der Waals surface area contributed by atoms with Crippen LogP contribution in [0, 0.1) is 5.82 Å². The standard InChI is InChI=1S/C23H22F4N6O2/c24-16-9-29-19(28)8-15(16)22(35)31-10-13(11-31)21-14-4-1-2-5-17(14)33(30-21)12-20(34)32-7-3-6-18(32)23(25,26)27/h1-2,4-5,8-9,13,18H,3,6-7,10-12H2,(H2,28,29)/t18-/m1/s1. The van der Waals surface area contributed by atoms with Gasteiger partial charge in [0.25, 0.3) is 5.91 Å². The topological polar surface area (TPSA) is 97.3 Å². The molecular formula is C23H22F4N6O2. The van der Waals surface area contributed by atoms with Crippen LogP contribution in [0.15, 0.2) is 36.5 Å². The van der Waals surface area contributed by atoms with Gasteiger partial charge in [-0.2, -0.15) is 18.3 Å². The van der Waals surface area contributed by atoms with Crippen molar-refractivity contribution in [3.63, 3.8) is 0 Å². The summed E-state index contributed by atoms with van der Waals surface area (Å²) >= 11 is 0. The summed E-state index contributed by atoms with van der Waals surface area (Å²) in [6, 6.07) is 6.55. The van der Waals surface area contributed by atoms with E-state index in [0.29, 0.717) is 17.6 Å². The maximum Gasteiger partial charge on any atom is 0.408 e. The van der Waals surface area contributed by atoms with E-state index in [1.165, 1.54) is 15.6 Å². The van der Waals surface area contributed by atoms with Crippen LogP contribution in [0.25, 0.3) is 10.9 Å². The number of fused-ring (bicyclic) bond motifs is 1. The lowest BCUT2D eigenvalue weighted by Gasteiger charge is -2.38. The molecule has 3 aromatic rings. The molecular weight excluding hydrogens is 468 g/mol. The van der Waals surface area contributed by atoms with Crippen molar-refractivity contribution in [2.75, 3.05) is 25.4 Å². The number of hydrogen-bond acceptors (Lipinski definition) is 5. The molecule has 0 aliphatic carbocycles. The third kappa shape index (κ3) is 4.17. The summed E-state index contributed by atoms with van der Waals surface area (Å²) in [6.07, 6.45) is -3.37. The van der Waals surface area contributed by atoms with Crippen LogP contribution >= 0.6 is 0 Å². The summed E-state index contributed by atoms with van der Waals surface area (Å²) < 4.78 is 55.4. The molecule has 0 unspecified atom stereocenters. The first-order valence-electron chi connectivity index (χ1n) is 11.2. The Kier molecular flexibility index (Phi) is 5.60. The van der Waals surface area contributed by atoms with E-state index in [0.717, 1.165) is 16.5 Å². The van der Waals surface area contributed by atoms with Crippen LogP contribution in [0.1, 0.15) is 34.8 Å². The number of nitrogens with two attached hydrogens (primary N) is 1. The molecule has 12 heteroatoms. The molecule has 2 aromatic heterocycles. The smallest absolute Gasteiger partial charge is 0.384 e. The number of halogens is 4. The van der Waals surface area contributed by atoms with E-state index in [-0.39, 0.29) is 49.9 Å². The predicted octanol–water partition coefficient (Wildman–Crippen LogP) is 2.95. The van der Waals surface area contributed by atoms with Gasteiger partial charge in [0.1, 0.15) is 18.4 Å². The molecule has 0 saturated carbocycles. The monoisotopic (exact) mass is 490 g/mol. The van der Waals surface area contributed by atoms with Gasteiger partial charge in [0.05, 0.1) is 23.0 Å². The molecule has 2 N–H and O–H groups in total. The Morgan fingerprint density at radius 2 is 1.91 bits per heavy atom. The number of carbonyl (C=O) groups excluding carboxylic acids is 2. The highest BCUT2D eigenvalue weighted by atomic mass is 19.4. The number of benzene rings is 1. The fourth-order valence-electron chi connectivity index (χ4n) is 4.81. The van der Waals surface area contributed by atoms with E-state index in [2.05, 4.69) is 10.1 Å². The van der Waals surface area contributed by atoms with Crippen molar-refractivity contribution in [1.29, 1.82) is 0 Å². The Labute approximate surface area is 197 Å². The fraction of sp³-hybridized carbons (Fsp3) is 0.391. The van der Waals surface area contributed by atoms with Crippen molar-refractivity contribution in [2.24, 2.45) is 0 Å². The Hall–Kier alpha value is -3.70. The van der Waals surface area contributed by atoms with Gasteiger partial charge < -0.3 is 15.5 Å². The zero-order chi connectivity index (χ0) is 24.9. The average molecular weight is 490 g/mol. The number of likely N-dealkylation sites (tertiary alicyclic amines) is 2. The summed E-state index contributed by atoms with van der Waals surface area (Å²) in [5.74, 6) is -2.05. The molecule has 35 heavy (non-hydrogen) atoms. The fourth-order valence-corrected chi connectivity index (χ4v) is 4.81. The minimum absolute atomic E-state index is 0.0343. The van der Waals surface area contributed by atoms with E-state index in [1.807, 2.05) is 6.07 Å². The Morgan fingerprint density at radius 1 is 1.17 bits per heavy atom. The van der Waals surface area contributed by atoms with Crippen LogP contribution in [-0.2, 0) is 11.3 Å². The second-order valence-electron chi connectivity index (χ2n) is 8.84. The molecule has 2 fully saturated rings. The normalized spacial score (nSPS) is 18.8. The van der Waals surface area contributed by atoms with Crippen LogP contribution in [0.5, 0.6) is 0 Å². The SMILES string of the molecule is Nc1cc(C(=O)N2CC(c3nn(CC(=O)N4CCC[C@@H]4C(F)(F)F)c4ccccc34)C2)c(F)cn1. The molecule has 2 aliphatic heterocycles. The number of alkyl halides is 3. The zero-order valence-corrected chi connectivity index (χ0v) is 18.5. The second kappa shape index (κ2) is 8.51. The lowest BCUT2D eigenvalue weighted by atomic mass is 9.93. The first kappa shape index (κ1) is 23.1. The predicted molar refractivity (Wildman–Crippen MR) is 118 cm³/mol. The van der Waals surface area contributed by atoms with Crippen LogP contribution in [0.2, 0.25) is 0 Å². The van der Waals surface area contributed by atoms with Crippen LogP contribution in [-0.4, -0.2) is 68.2 Å². The quantitative estimate of drug-likeness (QED) is 0.568. The Bertz CT molecular complexity index is 1300. The summed E-state index contributed by atoms with van der Waals surface area (Å²) in [5, 5.41) is 5.31. The minimum atomic E-state index is -4.47. The molecule has 1 aromatic carbocycles. The summed E-state index contributed by atoms with van der Waals surface area (Å²) in [7, 11) is 0. The highest BCUT2D eigenvalue weighted by Crippen LogP contribution is 2.35. The van der Waals surface area contributed by atoms with Gasteiger partial charge in [0.2, 0.25) is 5.91 Å². The number of nitrogen functional groups attached to an aromatic ring is 1. The van der Waals surface area contributed by atoms with Gasteiger partial charge in [-0.25, -0.2) is 9.37 Å². The van der Waals surface area contributed by atoms with Crippen molar-refractivity contribution in [3.8, 4) is 0 Å². The third-order valence-corrected chi connectivity index (χ3v) is 6.58. The number of para-hydroxylation sites is 1. The van der Waals surface area contributed by atoms with Gasteiger partial charge >= 0.3 is 6.18 Å². The van der Waals surface area contributed by atoms with Gasteiger partial charge in [-0.05, 0) is 25.0 Å². The summed E-state index contributed by atoms with van der Waals surface area (Å²) in [5.41, 5.74) is 6.67. The summed E-state index contributed by atoms with van der Waals surface area (Å²) in [6.45, 7) is 0.296. The van der Waals surface area contributed by atoms with Crippen molar-refractivity contribution in [2.45, 2.75) is 37.5 Å². The van der Waals surface area contributed by atoms with Gasteiger partial charge in [0, 0.05) is 30.9 Å². The number of aromatic nitrogens is 3. The molecule has 4 heterocycles. The molecule has 2 aliphatic rings. The number of nitrogens with zero attached hydrogens (tertiary/aromatic N) is 5. The molecule has 5 rings (SSSR count). The number of rotatable bonds is 4. The van der Waals surface area contributed by atoms with Crippen molar-refractivity contribution in [1.82, 2.24) is 24.6 Å². The Morgan fingerprint density at radius 3 is 2.66 bits per heavy atom. The third-order valence-electron chi connectivity index (χ3n) is 6.58. The highest BCUT2D eigenvalue weighted by Gasteiger charge is 2.47. The maximum absolute atomic E-state index is 14.0. The molecule has 1 atom stereocenters. The van der Waals surface area contributed by atoms with Crippen LogP contribution in [0.3, 0.4) is 0 Å². The average Bonchev–Trinajstić information content (AvgIpc) is 3.41. The van der Waals surface area contributed by atoms with Crippen molar-refractivity contribution >= 4 is 28.5 Å². The molecule has 184 valence electrons. The lowest BCUT2D eigenvalue weighted by molar-refractivity contribution is -0.183. The molecule has 0 bridgehead atoms. The first-order valence-corrected chi connectivity index (χ1v) is 11.2. The van der Waals surface area contributed by atoms with E-state index in [1.54, 1.807) is 18.2 Å². The molecule has 0 spiro atoms. The number of pyridine rings is 1. The Balaban J connectivity index is 1.34. The van der Waals surface area contributed by atoms with E-state index in [4.69, 9.17) is 5.73 Å². The minimum Gasteiger partial charge on any atom is -0.384 e. The molecule has 0 radical (unpaired) electrons. The number of amides is 2. The highest BCUT2D eigenvalue weighted by molar-refractivity contribution is 5.96. The van der Waals surface area contributed by atoms with Gasteiger partial charge in [-0.3, -0.25) is 14.3 Å². The van der Waals surface area contributed by atoms with Gasteiger partial charge in [-0.15, -0.1) is 0 Å². The van der Waals surface area contributed by atoms with Gasteiger partial charge in [0.15, 0.2) is 5.82 Å². The largest absolute Gasteiger partial charge is 0.408 e. The number of carbonyl (C=O) groups is 2. The lowest BCUT2D eigenvalue weighted by Crippen LogP contribution is -2.49. The van der Waals surface area contributed by atoms with Crippen molar-refractivity contribution in [3.05, 3.63) is 53.6 Å². The summed E-state index contributed by atoms with van der Waals surface area (Å²) in [4.78, 5) is 31.4. The van der Waals surface area contributed by atoms with E-state index >= 15 is 0 Å². The number of anilines is 1. The molecule has 2 amide bonds. The van der Waals surface area contributed by atoms with Crippen LogP contribution in [0.4, 0.5) is 23.4 Å². The molecule has 2 saturated heterocycles. The van der Waals surface area contributed by atoms with Crippen LogP contribution < -0.4 is 5.73 Å². The number of hydrogen-bond donors (Lipinski definition) is 1. The van der Waals surface area contributed by atoms with E-state index < -0.39 is 29.8 Å².